The summed E-state index contributed by atoms with van der Waals surface area (Å²) in [5.74, 6) is -0.101. The normalized spacial score (nSPS) is 39.5. The van der Waals surface area contributed by atoms with Crippen LogP contribution in [0.25, 0.3) is 0 Å². The summed E-state index contributed by atoms with van der Waals surface area (Å²) in [7, 11) is 0. The molecule has 0 spiro atoms. The van der Waals surface area contributed by atoms with E-state index in [1.165, 1.54) is 0 Å². The maximum absolute atomic E-state index is 13.4. The van der Waals surface area contributed by atoms with Gasteiger partial charge in [0.1, 0.15) is 11.2 Å². The molecule has 6 aliphatic rings. The van der Waals surface area contributed by atoms with Gasteiger partial charge in [0.15, 0.2) is 11.6 Å². The quantitative estimate of drug-likeness (QED) is 0.186. The lowest BCUT2D eigenvalue weighted by molar-refractivity contribution is -0.129. The van der Waals surface area contributed by atoms with Gasteiger partial charge in [0.05, 0.1) is 24.4 Å². The van der Waals surface area contributed by atoms with E-state index in [-0.39, 0.29) is 71.5 Å². The Morgan fingerprint density at radius 1 is 0.667 bits per heavy atom. The number of ketones is 2. The highest BCUT2D eigenvalue weighted by molar-refractivity contribution is 5.96. The zero-order chi connectivity index (χ0) is 34.1. The van der Waals surface area contributed by atoms with Crippen molar-refractivity contribution in [2.24, 2.45) is 23.7 Å². The molecule has 0 aromatic heterocycles. The van der Waals surface area contributed by atoms with E-state index in [4.69, 9.17) is 18.9 Å². The maximum Gasteiger partial charge on any atom is 0.223 e. The lowest BCUT2D eigenvalue weighted by Crippen LogP contribution is -2.44. The van der Waals surface area contributed by atoms with Gasteiger partial charge < -0.3 is 29.6 Å². The topological polar surface area (TPSA) is 136 Å². The Labute approximate surface area is 285 Å². The van der Waals surface area contributed by atoms with Crippen LogP contribution in [0.5, 0.6) is 0 Å². The fourth-order valence-electron chi connectivity index (χ4n) is 9.04. The number of fused-ring (bicyclic) bond motifs is 6. The van der Waals surface area contributed by atoms with E-state index in [2.05, 4.69) is 23.8 Å². The molecule has 2 amide bonds. The molecule has 6 fully saturated rings. The second-order valence-corrected chi connectivity index (χ2v) is 15.5. The van der Waals surface area contributed by atoms with Crippen molar-refractivity contribution in [3.63, 3.8) is 0 Å². The molecule has 0 radical (unpaired) electrons. The average Bonchev–Trinajstić information content (AvgIpc) is 3.64. The Morgan fingerprint density at radius 3 is 1.48 bits per heavy atom. The molecule has 2 N–H and O–H groups in total. The summed E-state index contributed by atoms with van der Waals surface area (Å²) in [5.41, 5.74) is 0.191. The monoisotopic (exact) mass is 668 g/mol. The average molecular weight is 669 g/mol. The first-order valence-corrected chi connectivity index (χ1v) is 18.6. The van der Waals surface area contributed by atoms with Crippen LogP contribution in [-0.4, -0.2) is 85.3 Å². The Bertz CT molecular complexity index is 1190. The highest BCUT2D eigenvalue weighted by Gasteiger charge is 2.64. The Kier molecular flexibility index (Phi) is 10.9. The standard InChI is InChI=1S/C38H56N2O8/c1-23-11-13-27(25-15-19-45-33(25)37(3)31(47-37)21-29(23)41)35(43)39-17-9-7-5-6-8-10-18-40-36(44)28-14-12-24(2)30(42)22-32-38(4,48-32)34-26(28)16-20-46-34/h25-28,31-34H,1-2,5-22H2,3-4H3,(H,39,43)(H,40,44)/t25-,26-,27-,28-,31-,32-,33-,34-,37-,38-/m0/s1. The van der Waals surface area contributed by atoms with E-state index < -0.39 is 11.2 Å². The van der Waals surface area contributed by atoms with Crippen molar-refractivity contribution >= 4 is 23.4 Å². The minimum atomic E-state index is -0.497. The lowest BCUT2D eigenvalue weighted by Gasteiger charge is -2.30. The summed E-state index contributed by atoms with van der Waals surface area (Å²) in [6.07, 6.45) is 10.1. The van der Waals surface area contributed by atoms with Crippen molar-refractivity contribution in [3.8, 4) is 0 Å². The zero-order valence-corrected chi connectivity index (χ0v) is 29.0. The summed E-state index contributed by atoms with van der Waals surface area (Å²) in [5, 5.41) is 6.35. The van der Waals surface area contributed by atoms with E-state index in [0.717, 1.165) is 51.4 Å². The van der Waals surface area contributed by atoms with E-state index in [9.17, 15) is 19.2 Å². The number of ether oxygens (including phenoxy) is 4. The Morgan fingerprint density at radius 2 is 1.06 bits per heavy atom. The second kappa shape index (κ2) is 14.8. The van der Waals surface area contributed by atoms with Gasteiger partial charge in [-0.1, -0.05) is 38.8 Å². The van der Waals surface area contributed by atoms with E-state index >= 15 is 0 Å². The van der Waals surface area contributed by atoms with Gasteiger partial charge in [-0.25, -0.2) is 0 Å². The number of amides is 2. The molecule has 10 atom stereocenters. The van der Waals surface area contributed by atoms with E-state index in [1.807, 2.05) is 13.8 Å². The predicted octanol–water partition coefficient (Wildman–Crippen LogP) is 4.54. The highest BCUT2D eigenvalue weighted by atomic mass is 16.6. The molecule has 0 aromatic carbocycles. The molecule has 6 rings (SSSR count). The Hall–Kier alpha value is -2.40. The molecule has 2 saturated carbocycles. The van der Waals surface area contributed by atoms with Crippen LogP contribution >= 0.6 is 0 Å². The third-order valence-electron chi connectivity index (χ3n) is 12.3. The first-order chi connectivity index (χ1) is 23.0. The van der Waals surface area contributed by atoms with Crippen LogP contribution in [0.3, 0.4) is 0 Å². The van der Waals surface area contributed by atoms with E-state index in [0.29, 0.717) is 76.0 Å². The van der Waals surface area contributed by atoms with Gasteiger partial charge >= 0.3 is 0 Å². The lowest BCUT2D eigenvalue weighted by atomic mass is 9.76. The molecular formula is C38H56N2O8. The van der Waals surface area contributed by atoms with Gasteiger partial charge in [0, 0.05) is 62.8 Å². The minimum absolute atomic E-state index is 0.0336. The van der Waals surface area contributed by atoms with Gasteiger partial charge in [-0.2, -0.15) is 0 Å². The molecule has 0 aromatic rings. The van der Waals surface area contributed by atoms with Crippen molar-refractivity contribution in [2.75, 3.05) is 26.3 Å². The molecule has 4 heterocycles. The number of epoxide rings is 2. The number of nitrogens with one attached hydrogen (secondary N) is 2. The largest absolute Gasteiger partial charge is 0.375 e. The molecule has 48 heavy (non-hydrogen) atoms. The molecule has 2 aliphatic carbocycles. The van der Waals surface area contributed by atoms with Gasteiger partial charge in [0.25, 0.3) is 0 Å². The van der Waals surface area contributed by atoms with Crippen LogP contribution in [0.4, 0.5) is 0 Å². The third-order valence-corrected chi connectivity index (χ3v) is 12.3. The van der Waals surface area contributed by atoms with Crippen LogP contribution in [0.2, 0.25) is 0 Å². The first kappa shape index (κ1) is 35.4. The summed E-state index contributed by atoms with van der Waals surface area (Å²) in [6.45, 7) is 14.5. The second-order valence-electron chi connectivity index (χ2n) is 15.5. The van der Waals surface area contributed by atoms with Gasteiger partial charge in [-0.3, -0.25) is 19.2 Å². The fourth-order valence-corrected chi connectivity index (χ4v) is 9.04. The number of carbonyl (C=O) groups excluding carboxylic acids is 4. The molecule has 4 aliphatic heterocycles. The Balaban J connectivity index is 0.876. The van der Waals surface area contributed by atoms with Gasteiger partial charge in [-0.15, -0.1) is 0 Å². The molecule has 10 heteroatoms. The number of hydrogen-bond donors (Lipinski definition) is 2. The third kappa shape index (κ3) is 7.52. The van der Waals surface area contributed by atoms with Crippen molar-refractivity contribution in [2.45, 2.75) is 139 Å². The summed E-state index contributed by atoms with van der Waals surface area (Å²) in [6, 6.07) is 0. The van der Waals surface area contributed by atoms with Crippen LogP contribution in [-0.2, 0) is 38.1 Å². The number of rotatable bonds is 11. The van der Waals surface area contributed by atoms with Gasteiger partial charge in [0.2, 0.25) is 11.8 Å². The van der Waals surface area contributed by atoms with Crippen LogP contribution in [0.1, 0.15) is 104 Å². The molecule has 4 saturated heterocycles. The highest BCUT2D eigenvalue weighted by Crippen LogP contribution is 2.52. The maximum atomic E-state index is 13.4. The van der Waals surface area contributed by atoms with Crippen LogP contribution in [0.15, 0.2) is 24.3 Å². The summed E-state index contributed by atoms with van der Waals surface area (Å²) < 4.78 is 24.2. The molecule has 0 unspecified atom stereocenters. The number of allylic oxidation sites excluding steroid dienone is 2. The molecular weight excluding hydrogens is 612 g/mol. The van der Waals surface area contributed by atoms with Gasteiger partial charge in [-0.05, 0) is 76.4 Å². The summed E-state index contributed by atoms with van der Waals surface area (Å²) in [4.78, 5) is 52.0. The smallest absolute Gasteiger partial charge is 0.223 e. The minimum Gasteiger partial charge on any atom is -0.375 e. The van der Waals surface area contributed by atoms with Crippen molar-refractivity contribution in [1.29, 1.82) is 0 Å². The van der Waals surface area contributed by atoms with Crippen LogP contribution in [0, 0.1) is 23.7 Å². The fraction of sp³-hybridized carbons (Fsp3) is 0.789. The predicted molar refractivity (Wildman–Crippen MR) is 179 cm³/mol. The van der Waals surface area contributed by atoms with Crippen molar-refractivity contribution < 1.29 is 38.1 Å². The molecule has 266 valence electrons. The van der Waals surface area contributed by atoms with Crippen LogP contribution < -0.4 is 10.6 Å². The summed E-state index contributed by atoms with van der Waals surface area (Å²) >= 11 is 0. The number of unbranched alkanes of at least 4 members (excludes halogenated alkanes) is 5. The van der Waals surface area contributed by atoms with Crippen molar-refractivity contribution in [3.05, 3.63) is 24.3 Å². The molecule has 0 bridgehead atoms. The van der Waals surface area contributed by atoms with Crippen molar-refractivity contribution in [1.82, 2.24) is 10.6 Å². The SMILES string of the molecule is C=C1CC[C@H](C(=O)NCCCCCCCCNC(=O)[C@H]2CCC(=C)C(=O)C[C@@H]3O[C@]3(C)[C@H]3OCC[C@@H]23)[C@@H]2CCO[C@@H]2[C@@]2(C)O[C@H]2CC1=O. The number of hydrogen-bond acceptors (Lipinski definition) is 8. The number of Topliss-reactive ketones (excluding diaryl/α,β-unsaturated/α-hetero) is 2. The van der Waals surface area contributed by atoms with E-state index in [1.54, 1.807) is 0 Å². The first-order valence-electron chi connectivity index (χ1n) is 18.6. The zero-order valence-electron chi connectivity index (χ0n) is 29.0. The molecule has 10 nitrogen and oxygen atoms in total. The number of carbonyl (C=O) groups is 4.